The van der Waals surface area contributed by atoms with E-state index in [-0.39, 0.29) is 6.61 Å². The molecular formula is C15H15BrO3. The first-order chi connectivity index (χ1) is 9.24. The number of hydrogen-bond acceptors (Lipinski definition) is 3. The van der Waals surface area contributed by atoms with Crippen molar-refractivity contribution in [1.82, 2.24) is 0 Å². The second kappa shape index (κ2) is 6.59. The van der Waals surface area contributed by atoms with Crippen LogP contribution >= 0.6 is 15.9 Å². The Morgan fingerprint density at radius 1 is 1.11 bits per heavy atom. The first kappa shape index (κ1) is 13.9. The second-order valence-corrected chi connectivity index (χ2v) is 4.88. The molecule has 0 amide bonds. The predicted molar refractivity (Wildman–Crippen MR) is 77.4 cm³/mol. The van der Waals surface area contributed by atoms with Gasteiger partial charge in [0.15, 0.2) is 11.5 Å². The van der Waals surface area contributed by atoms with E-state index in [0.717, 1.165) is 15.6 Å². The van der Waals surface area contributed by atoms with Crippen LogP contribution in [0.4, 0.5) is 0 Å². The third-order valence-corrected chi connectivity index (χ3v) is 3.48. The molecule has 0 spiro atoms. The minimum Gasteiger partial charge on any atom is -0.493 e. The van der Waals surface area contributed by atoms with Gasteiger partial charge in [0.25, 0.3) is 0 Å². The molecule has 2 rings (SSSR count). The van der Waals surface area contributed by atoms with E-state index < -0.39 is 0 Å². The smallest absolute Gasteiger partial charge is 0.162 e. The largest absolute Gasteiger partial charge is 0.493 e. The maximum Gasteiger partial charge on any atom is 0.162 e. The van der Waals surface area contributed by atoms with Crippen LogP contribution in [0.25, 0.3) is 0 Å². The summed E-state index contributed by atoms with van der Waals surface area (Å²) in [6.07, 6.45) is 0. The van der Waals surface area contributed by atoms with Gasteiger partial charge in [-0.2, -0.15) is 0 Å². The van der Waals surface area contributed by atoms with E-state index in [4.69, 9.17) is 9.47 Å². The Kier molecular flexibility index (Phi) is 4.82. The summed E-state index contributed by atoms with van der Waals surface area (Å²) in [6, 6.07) is 13.5. The number of ether oxygens (including phenoxy) is 2. The van der Waals surface area contributed by atoms with Gasteiger partial charge in [-0.05, 0) is 23.3 Å². The summed E-state index contributed by atoms with van der Waals surface area (Å²) in [5.74, 6) is 1.26. The molecule has 0 saturated heterocycles. The molecule has 0 fully saturated rings. The van der Waals surface area contributed by atoms with Crippen LogP contribution in [-0.2, 0) is 13.2 Å². The van der Waals surface area contributed by atoms with Crippen molar-refractivity contribution >= 4 is 15.9 Å². The average molecular weight is 323 g/mol. The van der Waals surface area contributed by atoms with E-state index in [0.29, 0.717) is 18.1 Å². The highest BCUT2D eigenvalue weighted by molar-refractivity contribution is 9.10. The number of aliphatic hydroxyl groups is 1. The Morgan fingerprint density at radius 2 is 1.84 bits per heavy atom. The molecule has 0 bridgehead atoms. The van der Waals surface area contributed by atoms with Crippen molar-refractivity contribution in [2.24, 2.45) is 0 Å². The normalized spacial score (nSPS) is 10.3. The topological polar surface area (TPSA) is 38.7 Å². The van der Waals surface area contributed by atoms with Gasteiger partial charge in [0, 0.05) is 4.47 Å². The lowest BCUT2D eigenvalue weighted by atomic mass is 10.2. The Labute approximate surface area is 120 Å². The van der Waals surface area contributed by atoms with E-state index in [1.165, 1.54) is 0 Å². The molecule has 0 saturated carbocycles. The Morgan fingerprint density at radius 3 is 2.47 bits per heavy atom. The summed E-state index contributed by atoms with van der Waals surface area (Å²) >= 11 is 3.38. The van der Waals surface area contributed by atoms with Crippen molar-refractivity contribution in [3.63, 3.8) is 0 Å². The zero-order chi connectivity index (χ0) is 13.7. The number of benzene rings is 2. The third kappa shape index (κ3) is 3.49. The lowest BCUT2D eigenvalue weighted by molar-refractivity contribution is 0.271. The molecule has 0 aliphatic rings. The molecule has 4 heteroatoms. The molecule has 0 heterocycles. The summed E-state index contributed by atoms with van der Waals surface area (Å²) in [4.78, 5) is 0. The van der Waals surface area contributed by atoms with Gasteiger partial charge in [-0.1, -0.05) is 46.3 Å². The summed E-state index contributed by atoms with van der Waals surface area (Å²) < 4.78 is 11.8. The molecule has 1 N–H and O–H groups in total. The highest BCUT2D eigenvalue weighted by Gasteiger charge is 2.10. The predicted octanol–water partition coefficient (Wildman–Crippen LogP) is 3.53. The lowest BCUT2D eigenvalue weighted by Crippen LogP contribution is -1.99. The molecule has 3 nitrogen and oxygen atoms in total. The average Bonchev–Trinajstić information content (AvgIpc) is 2.46. The van der Waals surface area contributed by atoms with Crippen molar-refractivity contribution in [3.8, 4) is 11.5 Å². The van der Waals surface area contributed by atoms with Crippen LogP contribution in [-0.4, -0.2) is 12.2 Å². The standard InChI is InChI=1S/C15H15BrO3/c1-18-14-8-13(16)12(9-17)7-15(14)19-10-11-5-3-2-4-6-11/h2-8,17H,9-10H2,1H3. The molecule has 0 atom stereocenters. The van der Waals surface area contributed by atoms with Crippen molar-refractivity contribution in [1.29, 1.82) is 0 Å². The van der Waals surface area contributed by atoms with Crippen LogP contribution < -0.4 is 9.47 Å². The van der Waals surface area contributed by atoms with E-state index in [1.807, 2.05) is 30.3 Å². The quantitative estimate of drug-likeness (QED) is 0.915. The Hall–Kier alpha value is -1.52. The Balaban J connectivity index is 2.19. The molecule has 0 aliphatic carbocycles. The fourth-order valence-corrected chi connectivity index (χ4v) is 2.15. The Bertz CT molecular complexity index is 541. The summed E-state index contributed by atoms with van der Waals surface area (Å²) in [5.41, 5.74) is 1.85. The number of methoxy groups -OCH3 is 1. The van der Waals surface area contributed by atoms with E-state index in [2.05, 4.69) is 15.9 Å². The fourth-order valence-electron chi connectivity index (χ4n) is 1.71. The van der Waals surface area contributed by atoms with Gasteiger partial charge in [0.05, 0.1) is 13.7 Å². The van der Waals surface area contributed by atoms with Gasteiger partial charge in [-0.15, -0.1) is 0 Å². The van der Waals surface area contributed by atoms with Crippen molar-refractivity contribution < 1.29 is 14.6 Å². The van der Waals surface area contributed by atoms with Crippen LogP contribution in [0, 0.1) is 0 Å². The van der Waals surface area contributed by atoms with Gasteiger partial charge < -0.3 is 14.6 Å². The zero-order valence-electron chi connectivity index (χ0n) is 10.6. The molecular weight excluding hydrogens is 308 g/mol. The van der Waals surface area contributed by atoms with Crippen molar-refractivity contribution in [2.75, 3.05) is 7.11 Å². The zero-order valence-corrected chi connectivity index (χ0v) is 12.2. The van der Waals surface area contributed by atoms with E-state index in [9.17, 15) is 5.11 Å². The number of rotatable bonds is 5. The molecule has 2 aromatic carbocycles. The maximum atomic E-state index is 9.27. The number of hydrogen-bond donors (Lipinski definition) is 1. The van der Waals surface area contributed by atoms with Crippen LogP contribution in [0.2, 0.25) is 0 Å². The van der Waals surface area contributed by atoms with Crippen LogP contribution in [0.3, 0.4) is 0 Å². The highest BCUT2D eigenvalue weighted by atomic mass is 79.9. The van der Waals surface area contributed by atoms with Gasteiger partial charge in [-0.25, -0.2) is 0 Å². The minimum atomic E-state index is -0.0493. The van der Waals surface area contributed by atoms with Gasteiger partial charge >= 0.3 is 0 Å². The fraction of sp³-hybridized carbons (Fsp3) is 0.200. The number of halogens is 1. The van der Waals surface area contributed by atoms with Crippen molar-refractivity contribution in [2.45, 2.75) is 13.2 Å². The molecule has 100 valence electrons. The summed E-state index contributed by atoms with van der Waals surface area (Å²) in [5, 5.41) is 9.27. The van der Waals surface area contributed by atoms with Crippen LogP contribution in [0.5, 0.6) is 11.5 Å². The van der Waals surface area contributed by atoms with Gasteiger partial charge in [0.1, 0.15) is 6.61 Å². The van der Waals surface area contributed by atoms with Crippen LogP contribution in [0.15, 0.2) is 46.9 Å². The molecule has 0 aromatic heterocycles. The molecule has 2 aromatic rings. The van der Waals surface area contributed by atoms with Gasteiger partial charge in [0.2, 0.25) is 0 Å². The first-order valence-electron chi connectivity index (χ1n) is 5.88. The summed E-state index contributed by atoms with van der Waals surface area (Å²) in [7, 11) is 1.59. The third-order valence-electron chi connectivity index (χ3n) is 2.74. The lowest BCUT2D eigenvalue weighted by Gasteiger charge is -2.13. The SMILES string of the molecule is COc1cc(Br)c(CO)cc1OCc1ccccc1. The maximum absolute atomic E-state index is 9.27. The van der Waals surface area contributed by atoms with Crippen molar-refractivity contribution in [3.05, 3.63) is 58.1 Å². The first-order valence-corrected chi connectivity index (χ1v) is 6.68. The molecule has 0 radical (unpaired) electrons. The van der Waals surface area contributed by atoms with Gasteiger partial charge in [-0.3, -0.25) is 0 Å². The summed E-state index contributed by atoms with van der Waals surface area (Å²) in [6.45, 7) is 0.413. The second-order valence-electron chi connectivity index (χ2n) is 4.03. The minimum absolute atomic E-state index is 0.0493. The van der Waals surface area contributed by atoms with Crippen LogP contribution in [0.1, 0.15) is 11.1 Å². The van der Waals surface area contributed by atoms with E-state index >= 15 is 0 Å². The molecule has 0 unspecified atom stereocenters. The number of aliphatic hydroxyl groups excluding tert-OH is 1. The monoisotopic (exact) mass is 322 g/mol. The van der Waals surface area contributed by atoms with E-state index in [1.54, 1.807) is 19.2 Å². The highest BCUT2D eigenvalue weighted by Crippen LogP contribution is 2.34. The molecule has 19 heavy (non-hydrogen) atoms. The molecule has 0 aliphatic heterocycles.